The van der Waals surface area contributed by atoms with Crippen LogP contribution in [-0.2, 0) is 18.4 Å². The highest BCUT2D eigenvalue weighted by Crippen LogP contribution is 2.28. The van der Waals surface area contributed by atoms with Crippen LogP contribution in [-0.4, -0.2) is 36.0 Å². The normalized spacial score (nSPS) is 10.8. The van der Waals surface area contributed by atoms with Gasteiger partial charge >= 0.3 is 0 Å². The molecule has 0 atom stereocenters. The van der Waals surface area contributed by atoms with E-state index in [4.69, 9.17) is 4.42 Å². The van der Waals surface area contributed by atoms with Gasteiger partial charge in [0, 0.05) is 30.7 Å². The van der Waals surface area contributed by atoms with Crippen LogP contribution < -0.4 is 5.32 Å². The topological polar surface area (TPSA) is 115 Å². The summed E-state index contributed by atoms with van der Waals surface area (Å²) >= 11 is 1.27. The summed E-state index contributed by atoms with van der Waals surface area (Å²) in [5, 5.41) is 21.6. The average Bonchev–Trinajstić information content (AvgIpc) is 3.50. The number of pyridine rings is 1. The standard InChI is InChI=1S/C22H21N7O2S/c1-14-15(2)29(12-17-7-5-9-31-17)21(18(14)10-23)25-19(30)13-32-22-27-26-20(28(22)3)16-6-4-8-24-11-16/h4-9,11H,12-13H2,1-3H3,(H,25,30). The molecule has 0 aliphatic heterocycles. The highest BCUT2D eigenvalue weighted by molar-refractivity contribution is 7.99. The van der Waals surface area contributed by atoms with Crippen LogP contribution in [0.2, 0.25) is 0 Å². The van der Waals surface area contributed by atoms with E-state index in [2.05, 4.69) is 26.6 Å². The Labute approximate surface area is 189 Å². The van der Waals surface area contributed by atoms with Crippen LogP contribution >= 0.6 is 11.8 Å². The fourth-order valence-electron chi connectivity index (χ4n) is 3.37. The third-order valence-corrected chi connectivity index (χ3v) is 6.20. The summed E-state index contributed by atoms with van der Waals surface area (Å²) in [6.07, 6.45) is 5.01. The summed E-state index contributed by atoms with van der Waals surface area (Å²) in [5.74, 6) is 1.76. The second kappa shape index (κ2) is 9.11. The molecular weight excluding hydrogens is 426 g/mol. The predicted octanol–water partition coefficient (Wildman–Crippen LogP) is 3.54. The number of thioether (sulfide) groups is 1. The first-order valence-electron chi connectivity index (χ1n) is 9.84. The van der Waals surface area contributed by atoms with E-state index >= 15 is 0 Å². The van der Waals surface area contributed by atoms with Crippen molar-refractivity contribution < 1.29 is 9.21 Å². The van der Waals surface area contributed by atoms with E-state index in [1.54, 1.807) is 18.7 Å². The first kappa shape index (κ1) is 21.4. The third kappa shape index (κ3) is 4.15. The van der Waals surface area contributed by atoms with Gasteiger partial charge in [-0.1, -0.05) is 11.8 Å². The highest BCUT2D eigenvalue weighted by Gasteiger charge is 2.21. The number of anilines is 1. The molecule has 4 heterocycles. The van der Waals surface area contributed by atoms with Gasteiger partial charge in [0.1, 0.15) is 17.6 Å². The van der Waals surface area contributed by atoms with Gasteiger partial charge in [-0.2, -0.15) is 5.26 Å². The van der Waals surface area contributed by atoms with E-state index in [1.807, 2.05) is 54.3 Å². The quantitative estimate of drug-likeness (QED) is 0.431. The Morgan fingerprint density at radius 3 is 2.81 bits per heavy atom. The first-order chi connectivity index (χ1) is 15.5. The molecule has 0 fully saturated rings. The van der Waals surface area contributed by atoms with E-state index < -0.39 is 0 Å². The second-order valence-corrected chi connectivity index (χ2v) is 8.10. The molecule has 0 saturated heterocycles. The molecule has 9 nitrogen and oxygen atoms in total. The zero-order valence-corrected chi connectivity index (χ0v) is 18.7. The van der Waals surface area contributed by atoms with Gasteiger partial charge < -0.3 is 18.9 Å². The first-order valence-corrected chi connectivity index (χ1v) is 10.8. The number of rotatable bonds is 7. The minimum atomic E-state index is -0.240. The Bertz CT molecular complexity index is 1280. The van der Waals surface area contributed by atoms with Gasteiger partial charge in [0.15, 0.2) is 11.0 Å². The maximum atomic E-state index is 12.8. The molecule has 0 bridgehead atoms. The molecule has 1 N–H and O–H groups in total. The third-order valence-electron chi connectivity index (χ3n) is 5.18. The summed E-state index contributed by atoms with van der Waals surface area (Å²) in [6.45, 7) is 4.21. The highest BCUT2D eigenvalue weighted by atomic mass is 32.2. The summed E-state index contributed by atoms with van der Waals surface area (Å²) in [6, 6.07) is 9.61. The molecule has 32 heavy (non-hydrogen) atoms. The Hall–Kier alpha value is -3.84. The molecule has 0 unspecified atom stereocenters. The van der Waals surface area contributed by atoms with Gasteiger partial charge in [-0.3, -0.25) is 9.78 Å². The summed E-state index contributed by atoms with van der Waals surface area (Å²) in [4.78, 5) is 16.9. The largest absolute Gasteiger partial charge is 0.467 e. The molecule has 4 aromatic heterocycles. The summed E-state index contributed by atoms with van der Waals surface area (Å²) in [7, 11) is 1.84. The Kier molecular flexibility index (Phi) is 6.09. The summed E-state index contributed by atoms with van der Waals surface area (Å²) in [5.41, 5.74) is 3.02. The van der Waals surface area contributed by atoms with E-state index in [1.165, 1.54) is 11.8 Å². The zero-order valence-electron chi connectivity index (χ0n) is 17.9. The molecule has 0 aliphatic carbocycles. The predicted molar refractivity (Wildman–Crippen MR) is 120 cm³/mol. The Morgan fingerprint density at radius 2 is 2.12 bits per heavy atom. The van der Waals surface area contributed by atoms with Crippen molar-refractivity contribution in [1.82, 2.24) is 24.3 Å². The van der Waals surface area contributed by atoms with Crippen LogP contribution in [0.25, 0.3) is 11.4 Å². The number of furan rings is 1. The van der Waals surface area contributed by atoms with Gasteiger partial charge in [-0.05, 0) is 43.7 Å². The maximum absolute atomic E-state index is 12.8. The lowest BCUT2D eigenvalue weighted by Crippen LogP contribution is -2.18. The van der Waals surface area contributed by atoms with Gasteiger partial charge in [0.05, 0.1) is 24.1 Å². The van der Waals surface area contributed by atoms with Crippen molar-refractivity contribution >= 4 is 23.5 Å². The monoisotopic (exact) mass is 447 g/mol. The smallest absolute Gasteiger partial charge is 0.235 e. The summed E-state index contributed by atoms with van der Waals surface area (Å²) < 4.78 is 9.16. The second-order valence-electron chi connectivity index (χ2n) is 7.16. The van der Waals surface area contributed by atoms with Gasteiger partial charge in [0.2, 0.25) is 5.91 Å². The van der Waals surface area contributed by atoms with Crippen molar-refractivity contribution in [3.05, 3.63) is 65.5 Å². The van der Waals surface area contributed by atoms with Gasteiger partial charge in [0.25, 0.3) is 0 Å². The van der Waals surface area contributed by atoms with Crippen molar-refractivity contribution in [2.24, 2.45) is 7.05 Å². The number of hydrogen-bond donors (Lipinski definition) is 1. The molecule has 0 saturated carbocycles. The SMILES string of the molecule is Cc1c(C#N)c(NC(=O)CSc2nnc(-c3cccnc3)n2C)n(Cc2ccco2)c1C. The number of nitriles is 1. The van der Waals surface area contributed by atoms with E-state index in [0.29, 0.717) is 28.9 Å². The lowest BCUT2D eigenvalue weighted by Gasteiger charge is -2.12. The fraction of sp³-hybridized carbons (Fsp3) is 0.227. The Morgan fingerprint density at radius 1 is 1.28 bits per heavy atom. The van der Waals surface area contributed by atoms with Crippen molar-refractivity contribution in [2.75, 3.05) is 11.1 Å². The van der Waals surface area contributed by atoms with Crippen LogP contribution in [0.15, 0.2) is 52.5 Å². The average molecular weight is 448 g/mol. The molecule has 0 aromatic carbocycles. The molecule has 4 rings (SSSR count). The van der Waals surface area contributed by atoms with Crippen LogP contribution in [0, 0.1) is 25.2 Å². The molecule has 162 valence electrons. The van der Waals surface area contributed by atoms with Crippen LogP contribution in [0.1, 0.15) is 22.6 Å². The van der Waals surface area contributed by atoms with E-state index in [-0.39, 0.29) is 11.7 Å². The minimum Gasteiger partial charge on any atom is -0.467 e. The molecule has 10 heteroatoms. The number of nitrogens with zero attached hydrogens (tertiary/aromatic N) is 6. The number of amides is 1. The number of carbonyl (C=O) groups excluding carboxylic acids is 1. The van der Waals surface area contributed by atoms with Crippen molar-refractivity contribution in [3.63, 3.8) is 0 Å². The van der Waals surface area contributed by atoms with Crippen molar-refractivity contribution in [3.8, 4) is 17.5 Å². The number of aromatic nitrogens is 5. The van der Waals surface area contributed by atoms with Crippen molar-refractivity contribution in [2.45, 2.75) is 25.5 Å². The number of carbonyl (C=O) groups is 1. The molecular formula is C22H21N7O2S. The van der Waals surface area contributed by atoms with Crippen LogP contribution in [0.5, 0.6) is 0 Å². The molecule has 0 aliphatic rings. The molecule has 0 spiro atoms. The van der Waals surface area contributed by atoms with Crippen LogP contribution in [0.4, 0.5) is 5.82 Å². The fourth-order valence-corrected chi connectivity index (χ4v) is 4.08. The van der Waals surface area contributed by atoms with Gasteiger partial charge in [-0.15, -0.1) is 10.2 Å². The maximum Gasteiger partial charge on any atom is 0.235 e. The van der Waals surface area contributed by atoms with E-state index in [9.17, 15) is 10.1 Å². The number of hydrogen-bond acceptors (Lipinski definition) is 7. The lowest BCUT2D eigenvalue weighted by molar-refractivity contribution is -0.113. The Balaban J connectivity index is 1.50. The van der Waals surface area contributed by atoms with Crippen LogP contribution in [0.3, 0.4) is 0 Å². The molecule has 1 amide bonds. The number of nitrogens with one attached hydrogen (secondary N) is 1. The zero-order chi connectivity index (χ0) is 22.7. The molecule has 4 aromatic rings. The van der Waals surface area contributed by atoms with E-state index in [0.717, 1.165) is 22.6 Å². The van der Waals surface area contributed by atoms with Crippen molar-refractivity contribution in [1.29, 1.82) is 5.26 Å². The minimum absolute atomic E-state index is 0.119. The van der Waals surface area contributed by atoms with Gasteiger partial charge in [-0.25, -0.2) is 0 Å². The lowest BCUT2D eigenvalue weighted by atomic mass is 10.2. The molecule has 0 radical (unpaired) electrons.